The molecule has 0 bridgehead atoms. The molecule has 9 heteroatoms. The van der Waals surface area contributed by atoms with Crippen molar-refractivity contribution in [2.75, 3.05) is 10.6 Å². The second-order valence-electron chi connectivity index (χ2n) is 7.27. The number of fused-ring (bicyclic) bond motifs is 1. The maximum atomic E-state index is 13.9. The summed E-state index contributed by atoms with van der Waals surface area (Å²) in [5.74, 6) is -3.44. The predicted molar refractivity (Wildman–Crippen MR) is 119 cm³/mol. The van der Waals surface area contributed by atoms with Crippen molar-refractivity contribution in [3.63, 3.8) is 0 Å². The van der Waals surface area contributed by atoms with Crippen LogP contribution < -0.4 is 10.6 Å². The lowest BCUT2D eigenvalue weighted by molar-refractivity contribution is 0.0698. The summed E-state index contributed by atoms with van der Waals surface area (Å²) in [5, 5.41) is 15.7. The van der Waals surface area contributed by atoms with Crippen LogP contribution in [0.5, 0.6) is 0 Å². The molecule has 0 aliphatic carbocycles. The number of carbonyl (C=O) groups is 2. The van der Waals surface area contributed by atoms with E-state index in [1.165, 1.54) is 18.5 Å². The number of amides is 1. The summed E-state index contributed by atoms with van der Waals surface area (Å²) < 4.78 is 27.8. The molecule has 0 aliphatic heterocycles. The third-order valence-corrected chi connectivity index (χ3v) is 5.08. The van der Waals surface area contributed by atoms with Crippen LogP contribution >= 0.6 is 0 Å². The number of carboxylic acid groups (broad SMARTS) is 1. The predicted octanol–water partition coefficient (Wildman–Crippen LogP) is 5.03. The van der Waals surface area contributed by atoms with E-state index in [9.17, 15) is 23.5 Å². The number of aromatic carboxylic acids is 1. The number of carbonyl (C=O) groups excluding carboxylic acids is 1. The van der Waals surface area contributed by atoms with Crippen LogP contribution in [0.15, 0.2) is 67.0 Å². The highest BCUT2D eigenvalue weighted by Gasteiger charge is 2.18. The Bertz CT molecular complexity index is 1360. The van der Waals surface area contributed by atoms with E-state index in [1.54, 1.807) is 30.3 Å². The highest BCUT2D eigenvalue weighted by molar-refractivity contribution is 6.05. The summed E-state index contributed by atoms with van der Waals surface area (Å²) >= 11 is 0. The van der Waals surface area contributed by atoms with Gasteiger partial charge in [-0.15, -0.1) is 0 Å². The van der Waals surface area contributed by atoms with Gasteiger partial charge in [-0.3, -0.25) is 4.79 Å². The molecule has 3 N–H and O–H groups in total. The van der Waals surface area contributed by atoms with Crippen molar-refractivity contribution in [1.29, 1.82) is 0 Å². The number of aromatic nitrogens is 2. The van der Waals surface area contributed by atoms with Gasteiger partial charge >= 0.3 is 5.97 Å². The number of benzene rings is 3. The van der Waals surface area contributed by atoms with Gasteiger partial charge in [-0.2, -0.15) is 0 Å². The molecule has 1 amide bonds. The van der Waals surface area contributed by atoms with E-state index in [2.05, 4.69) is 20.6 Å². The second-order valence-corrected chi connectivity index (χ2v) is 7.27. The Morgan fingerprint density at radius 1 is 0.970 bits per heavy atom. The Labute approximate surface area is 187 Å². The fourth-order valence-corrected chi connectivity index (χ4v) is 3.46. The third-order valence-electron chi connectivity index (χ3n) is 5.08. The molecule has 0 fully saturated rings. The molecule has 0 unspecified atom stereocenters. The number of rotatable bonds is 6. The molecule has 1 atom stereocenters. The number of carboxylic acids is 1. The number of nitrogens with one attached hydrogen (secondary N) is 2. The van der Waals surface area contributed by atoms with Crippen molar-refractivity contribution < 1.29 is 23.5 Å². The van der Waals surface area contributed by atoms with E-state index in [-0.39, 0.29) is 11.6 Å². The van der Waals surface area contributed by atoms with Crippen LogP contribution in [0, 0.1) is 11.6 Å². The number of hydrogen-bond donors (Lipinski definition) is 3. The molecular weight excluding hydrogens is 430 g/mol. The van der Waals surface area contributed by atoms with Crippen LogP contribution in [0.2, 0.25) is 0 Å². The number of anilines is 2. The van der Waals surface area contributed by atoms with E-state index >= 15 is 0 Å². The van der Waals surface area contributed by atoms with Gasteiger partial charge in [0.2, 0.25) is 0 Å². The van der Waals surface area contributed by atoms with E-state index in [0.29, 0.717) is 22.4 Å². The number of para-hydroxylation sites is 1. The van der Waals surface area contributed by atoms with Gasteiger partial charge in [0, 0.05) is 11.1 Å². The third kappa shape index (κ3) is 4.47. The van der Waals surface area contributed by atoms with Crippen LogP contribution in [0.25, 0.3) is 10.9 Å². The van der Waals surface area contributed by atoms with E-state index in [1.807, 2.05) is 13.0 Å². The molecule has 0 saturated carbocycles. The second kappa shape index (κ2) is 8.99. The van der Waals surface area contributed by atoms with Gasteiger partial charge in [0.05, 0.1) is 17.1 Å². The lowest BCUT2D eigenvalue weighted by Crippen LogP contribution is -2.16. The molecule has 7 nitrogen and oxygen atoms in total. The van der Waals surface area contributed by atoms with Crippen molar-refractivity contribution in [3.05, 3.63) is 95.3 Å². The lowest BCUT2D eigenvalue weighted by Gasteiger charge is -2.17. The van der Waals surface area contributed by atoms with Crippen molar-refractivity contribution in [2.24, 2.45) is 0 Å². The summed E-state index contributed by atoms with van der Waals surface area (Å²) in [6.07, 6.45) is 1.28. The zero-order valence-corrected chi connectivity index (χ0v) is 17.3. The van der Waals surface area contributed by atoms with Crippen LogP contribution in [0.4, 0.5) is 20.3 Å². The zero-order valence-electron chi connectivity index (χ0n) is 17.3. The van der Waals surface area contributed by atoms with Gasteiger partial charge in [-0.05, 0) is 48.9 Å². The summed E-state index contributed by atoms with van der Waals surface area (Å²) in [5.41, 5.74) is 0.826. The molecule has 0 saturated heterocycles. The molecule has 4 aromatic rings. The standard InChI is InChI=1S/C24H18F2N4O3/c1-13(29-22-16-7-3-8-17(24(32)33)21(16)27-12-28-22)14-5-2-6-15(11-14)30-23(31)20-18(25)9-4-10-19(20)26/h2-13H,1H3,(H,30,31)(H,32,33)(H,27,28,29)/t13-/m1/s1. The lowest BCUT2D eigenvalue weighted by atomic mass is 10.1. The molecule has 0 spiro atoms. The van der Waals surface area contributed by atoms with Gasteiger partial charge < -0.3 is 15.7 Å². The van der Waals surface area contributed by atoms with Crippen molar-refractivity contribution in [3.8, 4) is 0 Å². The first-order chi connectivity index (χ1) is 15.8. The molecule has 0 aliphatic rings. The summed E-state index contributed by atoms with van der Waals surface area (Å²) in [7, 11) is 0. The molecule has 33 heavy (non-hydrogen) atoms. The maximum absolute atomic E-state index is 13.9. The van der Waals surface area contributed by atoms with Crippen molar-refractivity contribution in [1.82, 2.24) is 9.97 Å². The Morgan fingerprint density at radius 3 is 2.39 bits per heavy atom. The first-order valence-electron chi connectivity index (χ1n) is 9.94. The Morgan fingerprint density at radius 2 is 1.67 bits per heavy atom. The Kier molecular flexibility index (Phi) is 5.95. The minimum atomic E-state index is -1.09. The summed E-state index contributed by atoms with van der Waals surface area (Å²) in [4.78, 5) is 32.2. The topological polar surface area (TPSA) is 104 Å². The van der Waals surface area contributed by atoms with Gasteiger partial charge in [-0.25, -0.2) is 23.5 Å². The average Bonchev–Trinajstić information content (AvgIpc) is 2.79. The molecular formula is C24H18F2N4O3. The SMILES string of the molecule is C[C@@H](Nc1ncnc2c(C(=O)O)cccc12)c1cccc(NC(=O)c2c(F)cccc2F)c1. The number of nitrogens with zero attached hydrogens (tertiary/aromatic N) is 2. The molecule has 1 aromatic heterocycles. The van der Waals surface area contributed by atoms with Gasteiger partial charge in [0.1, 0.15) is 29.3 Å². The molecule has 166 valence electrons. The van der Waals surface area contributed by atoms with Crippen LogP contribution in [-0.4, -0.2) is 27.0 Å². The summed E-state index contributed by atoms with van der Waals surface area (Å²) in [6, 6.07) is 14.5. The minimum absolute atomic E-state index is 0.0655. The Balaban J connectivity index is 1.58. The fraction of sp³-hybridized carbons (Fsp3) is 0.0833. The van der Waals surface area contributed by atoms with Crippen LogP contribution in [0.3, 0.4) is 0 Å². The molecule has 0 radical (unpaired) electrons. The quantitative estimate of drug-likeness (QED) is 0.382. The molecule has 1 heterocycles. The highest BCUT2D eigenvalue weighted by atomic mass is 19.1. The van der Waals surface area contributed by atoms with E-state index in [0.717, 1.165) is 17.7 Å². The maximum Gasteiger partial charge on any atom is 0.337 e. The van der Waals surface area contributed by atoms with E-state index < -0.39 is 29.1 Å². The van der Waals surface area contributed by atoms with E-state index in [4.69, 9.17) is 0 Å². The molecule has 3 aromatic carbocycles. The average molecular weight is 448 g/mol. The smallest absolute Gasteiger partial charge is 0.337 e. The number of halogens is 2. The fourth-order valence-electron chi connectivity index (χ4n) is 3.46. The van der Waals surface area contributed by atoms with Crippen molar-refractivity contribution in [2.45, 2.75) is 13.0 Å². The number of hydrogen-bond acceptors (Lipinski definition) is 5. The van der Waals surface area contributed by atoms with Crippen LogP contribution in [-0.2, 0) is 0 Å². The van der Waals surface area contributed by atoms with Gasteiger partial charge in [0.25, 0.3) is 5.91 Å². The minimum Gasteiger partial charge on any atom is -0.478 e. The van der Waals surface area contributed by atoms with Gasteiger partial charge in [0.15, 0.2) is 0 Å². The first-order valence-corrected chi connectivity index (χ1v) is 9.94. The summed E-state index contributed by atoms with van der Waals surface area (Å²) in [6.45, 7) is 1.85. The largest absolute Gasteiger partial charge is 0.478 e. The molecule has 4 rings (SSSR count). The zero-order chi connectivity index (χ0) is 23.5. The first kappa shape index (κ1) is 21.8. The highest BCUT2D eigenvalue weighted by Crippen LogP contribution is 2.27. The van der Waals surface area contributed by atoms with Crippen molar-refractivity contribution >= 4 is 34.3 Å². The Hall–Kier alpha value is -4.40. The monoisotopic (exact) mass is 448 g/mol. The van der Waals surface area contributed by atoms with Gasteiger partial charge in [-0.1, -0.05) is 24.3 Å². The normalized spacial score (nSPS) is 11.7. The van der Waals surface area contributed by atoms with Crippen LogP contribution in [0.1, 0.15) is 39.2 Å².